The normalized spacial score (nSPS) is 21.3. The Labute approximate surface area is 167 Å². The molecule has 0 aromatic heterocycles. The molecular formula is C20H33N5OS. The largest absolute Gasteiger partial charge is 0.322 e. The zero-order chi connectivity index (χ0) is 20.0. The fraction of sp³-hybridized carbons (Fsp3) is 0.600. The summed E-state index contributed by atoms with van der Waals surface area (Å²) < 4.78 is 0. The maximum absolute atomic E-state index is 11.9. The van der Waals surface area contributed by atoms with Crippen molar-refractivity contribution in [2.24, 2.45) is 10.8 Å². The number of nitrogens with two attached hydrogens (primary N) is 1. The van der Waals surface area contributed by atoms with E-state index in [1.54, 1.807) is 6.92 Å². The summed E-state index contributed by atoms with van der Waals surface area (Å²) in [7, 11) is 2.18. The van der Waals surface area contributed by atoms with E-state index in [0.717, 1.165) is 67.5 Å². The molecule has 2 aliphatic rings. The summed E-state index contributed by atoms with van der Waals surface area (Å²) in [5.41, 5.74) is 6.40. The molecule has 0 spiro atoms. The van der Waals surface area contributed by atoms with Crippen LogP contribution in [0.15, 0.2) is 38.5 Å². The number of likely N-dealkylation sites (N-methyl/N-ethyl adjacent to an activating group) is 1. The quantitative estimate of drug-likeness (QED) is 0.395. The number of hydrazine groups is 1. The molecule has 1 saturated heterocycles. The van der Waals surface area contributed by atoms with Crippen LogP contribution in [-0.4, -0.2) is 60.4 Å². The Morgan fingerprint density at radius 3 is 2.44 bits per heavy atom. The Morgan fingerprint density at radius 2 is 1.89 bits per heavy atom. The highest BCUT2D eigenvalue weighted by atomic mass is 32.2. The summed E-state index contributed by atoms with van der Waals surface area (Å²) in [5.74, 6) is 5.68. The van der Waals surface area contributed by atoms with Crippen molar-refractivity contribution >= 4 is 22.6 Å². The molecule has 150 valence electrons. The lowest BCUT2D eigenvalue weighted by molar-refractivity contribution is -0.113. The SMILES string of the molecule is CC(=O)C1=C(NN)C(=C(C)C)C(=N/C(C)=C/CCCN2CCN(C)CC2)S1. The molecule has 0 radical (unpaired) electrons. The van der Waals surface area contributed by atoms with Gasteiger partial charge < -0.3 is 15.2 Å². The van der Waals surface area contributed by atoms with Gasteiger partial charge in [-0.3, -0.25) is 10.6 Å². The van der Waals surface area contributed by atoms with E-state index in [2.05, 4.69) is 28.3 Å². The molecule has 27 heavy (non-hydrogen) atoms. The van der Waals surface area contributed by atoms with Crippen molar-refractivity contribution in [3.63, 3.8) is 0 Å². The Balaban J connectivity index is 1.97. The van der Waals surface area contributed by atoms with Crippen LogP contribution in [0.2, 0.25) is 0 Å². The number of Topliss-reactive ketones (excluding diaryl/α,β-unsaturated/α-hetero) is 1. The van der Waals surface area contributed by atoms with Crippen LogP contribution >= 0.6 is 11.8 Å². The lowest BCUT2D eigenvalue weighted by Crippen LogP contribution is -2.44. The molecule has 0 amide bonds. The Hall–Kier alpha value is -1.41. The number of thioether (sulfide) groups is 1. The maximum Gasteiger partial charge on any atom is 0.168 e. The molecule has 2 heterocycles. The number of unbranched alkanes of at least 4 members (excludes halogenated alkanes) is 1. The van der Waals surface area contributed by atoms with Crippen LogP contribution in [0.3, 0.4) is 0 Å². The highest BCUT2D eigenvalue weighted by Crippen LogP contribution is 2.39. The monoisotopic (exact) mass is 391 g/mol. The molecule has 2 rings (SSSR count). The van der Waals surface area contributed by atoms with Gasteiger partial charge in [0, 0.05) is 37.4 Å². The lowest BCUT2D eigenvalue weighted by atomic mass is 10.1. The number of nitrogens with zero attached hydrogens (tertiary/aromatic N) is 3. The molecule has 0 saturated carbocycles. The van der Waals surface area contributed by atoms with E-state index >= 15 is 0 Å². The first kappa shape index (κ1) is 21.9. The van der Waals surface area contributed by atoms with Crippen molar-refractivity contribution in [1.29, 1.82) is 0 Å². The Bertz CT molecular complexity index is 680. The summed E-state index contributed by atoms with van der Waals surface area (Å²) in [6.45, 7) is 13.4. The number of nitrogens with one attached hydrogen (secondary N) is 1. The second-order valence-electron chi connectivity index (χ2n) is 7.43. The van der Waals surface area contributed by atoms with Gasteiger partial charge >= 0.3 is 0 Å². The van der Waals surface area contributed by atoms with Gasteiger partial charge in [0.15, 0.2) is 5.78 Å². The summed E-state index contributed by atoms with van der Waals surface area (Å²) in [5, 5.41) is 0.848. The molecular weight excluding hydrogens is 358 g/mol. The van der Waals surface area contributed by atoms with Gasteiger partial charge in [0.25, 0.3) is 0 Å². The van der Waals surface area contributed by atoms with Gasteiger partial charge in [-0.25, -0.2) is 4.99 Å². The molecule has 1 fully saturated rings. The number of allylic oxidation sites excluding steroid dienone is 5. The Morgan fingerprint density at radius 1 is 1.22 bits per heavy atom. The van der Waals surface area contributed by atoms with Gasteiger partial charge in [0.1, 0.15) is 5.04 Å². The molecule has 0 aromatic rings. The van der Waals surface area contributed by atoms with Crippen molar-refractivity contribution in [2.45, 2.75) is 40.5 Å². The highest BCUT2D eigenvalue weighted by Gasteiger charge is 2.30. The van der Waals surface area contributed by atoms with E-state index in [1.165, 1.54) is 11.8 Å². The molecule has 2 aliphatic heterocycles. The van der Waals surface area contributed by atoms with E-state index in [1.807, 2.05) is 20.8 Å². The minimum atomic E-state index is 0.00529. The summed E-state index contributed by atoms with van der Waals surface area (Å²) in [4.78, 5) is 22.2. The smallest absolute Gasteiger partial charge is 0.168 e. The minimum Gasteiger partial charge on any atom is -0.322 e. The molecule has 0 aliphatic carbocycles. The topological polar surface area (TPSA) is 74.0 Å². The number of piperazine rings is 1. The van der Waals surface area contributed by atoms with Crippen LogP contribution in [0, 0.1) is 0 Å². The van der Waals surface area contributed by atoms with Gasteiger partial charge in [-0.2, -0.15) is 0 Å². The third-order valence-electron chi connectivity index (χ3n) is 4.85. The van der Waals surface area contributed by atoms with Crippen molar-refractivity contribution in [2.75, 3.05) is 39.8 Å². The first-order valence-corrected chi connectivity index (χ1v) is 10.4. The summed E-state index contributed by atoms with van der Waals surface area (Å²) >= 11 is 1.40. The van der Waals surface area contributed by atoms with Gasteiger partial charge in [-0.1, -0.05) is 23.4 Å². The zero-order valence-corrected chi connectivity index (χ0v) is 18.1. The van der Waals surface area contributed by atoms with Crippen molar-refractivity contribution in [1.82, 2.24) is 15.2 Å². The fourth-order valence-electron chi connectivity index (χ4n) is 3.25. The maximum atomic E-state index is 11.9. The fourth-order valence-corrected chi connectivity index (χ4v) is 4.45. The van der Waals surface area contributed by atoms with E-state index in [4.69, 9.17) is 10.8 Å². The lowest BCUT2D eigenvalue weighted by Gasteiger charge is -2.32. The third-order valence-corrected chi connectivity index (χ3v) is 6.03. The van der Waals surface area contributed by atoms with Crippen molar-refractivity contribution in [3.05, 3.63) is 33.5 Å². The van der Waals surface area contributed by atoms with E-state index < -0.39 is 0 Å². The van der Waals surface area contributed by atoms with E-state index in [0.29, 0.717) is 10.6 Å². The number of rotatable bonds is 7. The molecule has 6 nitrogen and oxygen atoms in total. The average Bonchev–Trinajstić information content (AvgIpc) is 2.99. The second kappa shape index (κ2) is 10.2. The molecule has 0 bridgehead atoms. The minimum absolute atomic E-state index is 0.00529. The standard InChI is InChI=1S/C20H33N5OS/c1-14(2)17-18(23-21)19(16(4)26)27-20(17)22-15(3)8-6-7-9-25-12-10-24(5)11-13-25/h8,23H,6-7,9-13,21H2,1-5H3/b15-8+,22-20?. The first-order valence-electron chi connectivity index (χ1n) is 9.57. The van der Waals surface area contributed by atoms with Gasteiger partial charge in [-0.15, -0.1) is 0 Å². The van der Waals surface area contributed by atoms with Crippen LogP contribution in [0.5, 0.6) is 0 Å². The number of hydrogen-bond donors (Lipinski definition) is 2. The average molecular weight is 392 g/mol. The highest BCUT2D eigenvalue weighted by molar-refractivity contribution is 8.19. The Kier molecular flexibility index (Phi) is 8.28. The number of carbonyl (C=O) groups excluding carboxylic acids is 1. The summed E-state index contributed by atoms with van der Waals surface area (Å²) in [6.07, 6.45) is 4.34. The molecule has 0 atom stereocenters. The predicted octanol–water partition coefficient (Wildman–Crippen LogP) is 2.66. The van der Waals surface area contributed by atoms with Crippen LogP contribution in [0.25, 0.3) is 0 Å². The van der Waals surface area contributed by atoms with Crippen molar-refractivity contribution in [3.8, 4) is 0 Å². The van der Waals surface area contributed by atoms with Crippen LogP contribution < -0.4 is 11.3 Å². The second-order valence-corrected chi connectivity index (χ2v) is 8.43. The number of hydrogen-bond acceptors (Lipinski definition) is 7. The van der Waals surface area contributed by atoms with Crippen LogP contribution in [0.1, 0.15) is 40.5 Å². The number of aliphatic imine (C=N–C) groups is 1. The number of ketones is 1. The van der Waals surface area contributed by atoms with Gasteiger partial charge in [-0.05, 0) is 54.1 Å². The van der Waals surface area contributed by atoms with Gasteiger partial charge in [0.2, 0.25) is 0 Å². The van der Waals surface area contributed by atoms with Crippen LogP contribution in [0.4, 0.5) is 0 Å². The van der Waals surface area contributed by atoms with Crippen LogP contribution in [-0.2, 0) is 4.79 Å². The molecule has 7 heteroatoms. The van der Waals surface area contributed by atoms with Crippen molar-refractivity contribution < 1.29 is 4.79 Å². The molecule has 3 N–H and O–H groups in total. The van der Waals surface area contributed by atoms with E-state index in [9.17, 15) is 4.79 Å². The predicted molar refractivity (Wildman–Crippen MR) is 115 cm³/mol. The third kappa shape index (κ3) is 6.04. The van der Waals surface area contributed by atoms with Gasteiger partial charge in [0.05, 0.1) is 10.6 Å². The molecule has 0 aromatic carbocycles. The zero-order valence-electron chi connectivity index (χ0n) is 17.3. The number of carbonyl (C=O) groups is 1. The first-order chi connectivity index (χ1) is 12.8. The van der Waals surface area contributed by atoms with E-state index in [-0.39, 0.29) is 5.78 Å². The summed E-state index contributed by atoms with van der Waals surface area (Å²) in [6, 6.07) is 0. The molecule has 0 unspecified atom stereocenters.